The first-order valence-electron chi connectivity index (χ1n) is 8.49. The van der Waals surface area contributed by atoms with Crippen LogP contribution in [0.5, 0.6) is 0 Å². The number of hydrogen-bond acceptors (Lipinski definition) is 6. The molecule has 6 nitrogen and oxygen atoms in total. The first-order chi connectivity index (χ1) is 13.6. The number of methoxy groups -OCH3 is 1. The van der Waals surface area contributed by atoms with Crippen molar-refractivity contribution < 1.29 is 18.7 Å². The van der Waals surface area contributed by atoms with Crippen LogP contribution in [0.1, 0.15) is 11.3 Å². The number of benzene rings is 1. The summed E-state index contributed by atoms with van der Waals surface area (Å²) in [5, 5.41) is 0.947. The van der Waals surface area contributed by atoms with Crippen LogP contribution < -0.4 is 0 Å². The van der Waals surface area contributed by atoms with Crippen molar-refractivity contribution in [1.29, 1.82) is 0 Å². The van der Waals surface area contributed by atoms with Gasteiger partial charge in [-0.05, 0) is 24.3 Å². The third-order valence-corrected chi connectivity index (χ3v) is 5.78. The molecule has 1 saturated heterocycles. The Bertz CT molecular complexity index is 1100. The lowest BCUT2D eigenvalue weighted by Gasteiger charge is -2.11. The van der Waals surface area contributed by atoms with E-state index in [-0.39, 0.29) is 18.4 Å². The Balaban J connectivity index is 1.67. The largest absolute Gasteiger partial charge is 0.468 e. The molecule has 3 aromatic rings. The van der Waals surface area contributed by atoms with Gasteiger partial charge in [0.15, 0.2) is 0 Å². The van der Waals surface area contributed by atoms with Crippen LogP contribution in [0.3, 0.4) is 0 Å². The third-order valence-electron chi connectivity index (χ3n) is 4.40. The van der Waals surface area contributed by atoms with E-state index in [0.29, 0.717) is 21.5 Å². The van der Waals surface area contributed by atoms with Gasteiger partial charge in [0, 0.05) is 22.7 Å². The summed E-state index contributed by atoms with van der Waals surface area (Å²) in [5.74, 6) is 0.181. The summed E-state index contributed by atoms with van der Waals surface area (Å²) in [7, 11) is 1.36. The number of nitrogens with zero attached hydrogens (tertiary/aromatic N) is 2. The number of carbonyl (C=O) groups is 2. The Morgan fingerprint density at radius 2 is 2.11 bits per heavy atom. The van der Waals surface area contributed by atoms with Crippen LogP contribution in [0, 0.1) is 0 Å². The van der Waals surface area contributed by atoms with Crippen molar-refractivity contribution in [3.63, 3.8) is 0 Å². The van der Waals surface area contributed by atoms with Gasteiger partial charge in [-0.2, -0.15) is 0 Å². The quantitative estimate of drug-likeness (QED) is 0.361. The van der Waals surface area contributed by atoms with E-state index in [2.05, 4.69) is 0 Å². The van der Waals surface area contributed by atoms with Crippen molar-refractivity contribution in [3.05, 3.63) is 65.1 Å². The zero-order valence-corrected chi connectivity index (χ0v) is 16.6. The van der Waals surface area contributed by atoms with E-state index in [4.69, 9.17) is 21.4 Å². The number of ether oxygens (including phenoxy) is 1. The first kappa shape index (κ1) is 18.5. The molecule has 0 unspecified atom stereocenters. The minimum Gasteiger partial charge on any atom is -0.468 e. The minimum atomic E-state index is -0.336. The standard InChI is InChI=1S/C20H16N2O4S2/c1-25-18(23)12-21-10-13(15-6-2-3-7-16(15)21)9-17-19(24)22(20(27)28-17)11-14-5-4-8-26-14/h2-10H,11-12H2,1H3/b17-9-. The van der Waals surface area contributed by atoms with Gasteiger partial charge >= 0.3 is 5.97 Å². The number of esters is 1. The number of furan rings is 1. The second kappa shape index (κ2) is 7.65. The number of hydrogen-bond donors (Lipinski definition) is 0. The third kappa shape index (κ3) is 3.48. The summed E-state index contributed by atoms with van der Waals surface area (Å²) in [6.07, 6.45) is 5.23. The van der Waals surface area contributed by atoms with Crippen molar-refractivity contribution in [3.8, 4) is 0 Å². The summed E-state index contributed by atoms with van der Waals surface area (Å²) in [6.45, 7) is 0.406. The van der Waals surface area contributed by atoms with Crippen LogP contribution in [0.25, 0.3) is 17.0 Å². The fraction of sp³-hybridized carbons (Fsp3) is 0.150. The van der Waals surface area contributed by atoms with Gasteiger partial charge in [-0.25, -0.2) is 0 Å². The number of thioether (sulfide) groups is 1. The van der Waals surface area contributed by atoms with Gasteiger partial charge in [-0.3, -0.25) is 14.5 Å². The van der Waals surface area contributed by atoms with Gasteiger partial charge in [0.2, 0.25) is 0 Å². The van der Waals surface area contributed by atoms with Crippen molar-refractivity contribution in [2.75, 3.05) is 7.11 Å². The SMILES string of the molecule is COC(=O)Cn1cc(/C=C2\SC(=S)N(Cc3ccco3)C2=O)c2ccccc21. The number of aromatic nitrogens is 1. The molecule has 3 heterocycles. The number of amides is 1. The number of thiocarbonyl (C=S) groups is 1. The van der Waals surface area contributed by atoms with Crippen LogP contribution in [0.2, 0.25) is 0 Å². The van der Waals surface area contributed by atoms with Crippen LogP contribution in [-0.4, -0.2) is 32.8 Å². The Morgan fingerprint density at radius 3 is 2.86 bits per heavy atom. The van der Waals surface area contributed by atoms with Crippen LogP contribution >= 0.6 is 24.0 Å². The highest BCUT2D eigenvalue weighted by molar-refractivity contribution is 8.26. The lowest BCUT2D eigenvalue weighted by molar-refractivity contribution is -0.141. The summed E-state index contributed by atoms with van der Waals surface area (Å²) in [4.78, 5) is 26.6. The average molecular weight is 412 g/mol. The number of carbonyl (C=O) groups excluding carboxylic acids is 2. The molecule has 0 atom stereocenters. The van der Waals surface area contributed by atoms with Crippen molar-refractivity contribution in [1.82, 2.24) is 9.47 Å². The molecule has 0 saturated carbocycles. The average Bonchev–Trinajstić information content (AvgIpc) is 3.39. The highest BCUT2D eigenvalue weighted by Gasteiger charge is 2.32. The van der Waals surface area contributed by atoms with Gasteiger partial charge in [-0.15, -0.1) is 0 Å². The molecule has 0 radical (unpaired) electrons. The normalized spacial score (nSPS) is 15.8. The fourth-order valence-electron chi connectivity index (χ4n) is 3.06. The highest BCUT2D eigenvalue weighted by Crippen LogP contribution is 2.35. The Morgan fingerprint density at radius 1 is 1.29 bits per heavy atom. The zero-order chi connectivity index (χ0) is 19.7. The highest BCUT2D eigenvalue weighted by atomic mass is 32.2. The summed E-state index contributed by atoms with van der Waals surface area (Å²) < 4.78 is 12.4. The topological polar surface area (TPSA) is 64.7 Å². The molecule has 1 aliphatic rings. The molecule has 142 valence electrons. The van der Waals surface area contributed by atoms with Gasteiger partial charge in [0.1, 0.15) is 16.6 Å². The Labute approximate surface area is 170 Å². The van der Waals surface area contributed by atoms with E-state index >= 15 is 0 Å². The van der Waals surface area contributed by atoms with E-state index in [1.54, 1.807) is 12.3 Å². The molecule has 28 heavy (non-hydrogen) atoms. The lowest BCUT2D eigenvalue weighted by Crippen LogP contribution is -2.27. The maximum Gasteiger partial charge on any atom is 0.325 e. The van der Waals surface area contributed by atoms with Gasteiger partial charge in [0.25, 0.3) is 5.91 Å². The van der Waals surface area contributed by atoms with Crippen molar-refractivity contribution in [2.45, 2.75) is 13.1 Å². The monoisotopic (exact) mass is 412 g/mol. The van der Waals surface area contributed by atoms with Crippen LogP contribution in [0.4, 0.5) is 0 Å². The summed E-state index contributed by atoms with van der Waals surface area (Å²) in [6, 6.07) is 11.3. The van der Waals surface area contributed by atoms with E-state index in [0.717, 1.165) is 16.5 Å². The van der Waals surface area contributed by atoms with E-state index in [9.17, 15) is 9.59 Å². The maximum absolute atomic E-state index is 12.8. The zero-order valence-electron chi connectivity index (χ0n) is 15.0. The molecule has 1 aliphatic heterocycles. The summed E-state index contributed by atoms with van der Waals surface area (Å²) in [5.41, 5.74) is 1.74. The molecule has 8 heteroatoms. The molecule has 1 amide bonds. The molecule has 1 fully saturated rings. The second-order valence-corrected chi connectivity index (χ2v) is 7.83. The molecule has 0 spiro atoms. The predicted molar refractivity (Wildman–Crippen MR) is 111 cm³/mol. The maximum atomic E-state index is 12.8. The molecule has 1 aromatic carbocycles. The Hall–Kier alpha value is -2.84. The first-order valence-corrected chi connectivity index (χ1v) is 9.71. The molecule has 0 aliphatic carbocycles. The number of fused-ring (bicyclic) bond motifs is 1. The fourth-order valence-corrected chi connectivity index (χ4v) is 4.31. The Kier molecular flexibility index (Phi) is 5.06. The molecule has 4 rings (SSSR count). The molecule has 2 aromatic heterocycles. The van der Waals surface area contributed by atoms with Crippen LogP contribution in [0.15, 0.2) is 58.2 Å². The van der Waals surface area contributed by atoms with E-state index < -0.39 is 0 Å². The molecule has 0 bridgehead atoms. The predicted octanol–water partition coefficient (Wildman–Crippen LogP) is 3.81. The van der Waals surface area contributed by atoms with Gasteiger partial charge in [0.05, 0.1) is 24.8 Å². The second-order valence-electron chi connectivity index (χ2n) is 6.15. The number of rotatable bonds is 5. The molecular formula is C20H16N2O4S2. The van der Waals surface area contributed by atoms with Crippen molar-refractivity contribution in [2.24, 2.45) is 0 Å². The van der Waals surface area contributed by atoms with Crippen LogP contribution in [-0.2, 0) is 27.4 Å². The summed E-state index contributed by atoms with van der Waals surface area (Å²) >= 11 is 6.64. The number of para-hydroxylation sites is 1. The van der Waals surface area contributed by atoms with Crippen molar-refractivity contribution >= 4 is 57.2 Å². The van der Waals surface area contributed by atoms with E-state index in [1.807, 2.05) is 47.2 Å². The molecular weight excluding hydrogens is 396 g/mol. The lowest BCUT2D eigenvalue weighted by atomic mass is 10.1. The minimum absolute atomic E-state index is 0.101. The van der Waals surface area contributed by atoms with E-state index in [1.165, 1.54) is 23.8 Å². The van der Waals surface area contributed by atoms with Gasteiger partial charge in [-0.1, -0.05) is 42.2 Å². The van der Waals surface area contributed by atoms with Gasteiger partial charge < -0.3 is 13.7 Å². The smallest absolute Gasteiger partial charge is 0.325 e. The molecule has 0 N–H and O–H groups in total.